The van der Waals surface area contributed by atoms with Crippen LogP contribution in [0.15, 0.2) is 78.0 Å². The maximum Gasteiger partial charge on any atom is 0.268 e. The predicted molar refractivity (Wildman–Crippen MR) is 127 cm³/mol. The largest absolute Gasteiger partial charge is 0.310 e. The smallest absolute Gasteiger partial charge is 0.268 e. The van der Waals surface area contributed by atoms with Crippen LogP contribution < -0.4 is 10.8 Å². The van der Waals surface area contributed by atoms with Crippen LogP contribution in [0.25, 0.3) is 17.2 Å². The minimum absolute atomic E-state index is 0.265. The molecule has 1 aliphatic carbocycles. The highest BCUT2D eigenvalue weighted by Crippen LogP contribution is 2.32. The van der Waals surface area contributed by atoms with E-state index in [2.05, 4.69) is 5.32 Å². The number of nitrogens with one attached hydrogen (secondary N) is 2. The van der Waals surface area contributed by atoms with Gasteiger partial charge in [-0.2, -0.15) is 0 Å². The van der Waals surface area contributed by atoms with Crippen molar-refractivity contribution in [2.75, 3.05) is 0 Å². The van der Waals surface area contributed by atoms with E-state index in [1.807, 2.05) is 48.5 Å². The summed E-state index contributed by atoms with van der Waals surface area (Å²) in [6.45, 7) is 0.463. The van der Waals surface area contributed by atoms with Crippen molar-refractivity contribution in [1.29, 1.82) is 0 Å². The van der Waals surface area contributed by atoms with Crippen LogP contribution in [0, 0.1) is 0 Å². The van der Waals surface area contributed by atoms with Crippen molar-refractivity contribution in [2.45, 2.75) is 43.2 Å². The van der Waals surface area contributed by atoms with Gasteiger partial charge in [0.25, 0.3) is 15.9 Å². The summed E-state index contributed by atoms with van der Waals surface area (Å²) >= 11 is 0. The number of rotatable bonds is 8. The van der Waals surface area contributed by atoms with Gasteiger partial charge in [-0.05, 0) is 41.7 Å². The van der Waals surface area contributed by atoms with Crippen molar-refractivity contribution in [2.24, 2.45) is 0 Å². The first-order valence-electron chi connectivity index (χ1n) is 11.0. The Morgan fingerprint density at radius 1 is 1.06 bits per heavy atom. The van der Waals surface area contributed by atoms with Gasteiger partial charge < -0.3 is 5.32 Å². The number of hydroxylamine groups is 1. The van der Waals surface area contributed by atoms with E-state index in [-0.39, 0.29) is 4.90 Å². The fraction of sp³-hybridized carbons (Fsp3) is 0.240. The summed E-state index contributed by atoms with van der Waals surface area (Å²) in [5, 5.41) is 12.2. The van der Waals surface area contributed by atoms with E-state index >= 15 is 0 Å². The van der Waals surface area contributed by atoms with Crippen LogP contribution in [0.2, 0.25) is 0 Å². The van der Waals surface area contributed by atoms with Crippen LogP contribution in [-0.4, -0.2) is 29.5 Å². The van der Waals surface area contributed by atoms with E-state index in [1.165, 1.54) is 40.8 Å². The van der Waals surface area contributed by atoms with Gasteiger partial charge in [0.2, 0.25) is 0 Å². The highest BCUT2D eigenvalue weighted by molar-refractivity contribution is 7.90. The van der Waals surface area contributed by atoms with Gasteiger partial charge in [0.1, 0.15) is 4.90 Å². The molecule has 1 saturated carbocycles. The third-order valence-corrected chi connectivity index (χ3v) is 7.66. The summed E-state index contributed by atoms with van der Waals surface area (Å²) in [6.07, 6.45) is 10.1. The maximum atomic E-state index is 13.8. The molecule has 1 fully saturated rings. The molecular weight excluding hydrogens is 438 g/mol. The predicted octanol–water partition coefficient (Wildman–Crippen LogP) is 3.94. The highest BCUT2D eigenvalue weighted by Gasteiger charge is 2.26. The Labute approximate surface area is 193 Å². The SMILES string of the molecule is O=C(/C=C/c1ccn(S(=O)(=O)c2c(CNC3CCCC3)cccc2-c2ccccc2)c1)NO. The molecule has 0 atom stereocenters. The first-order valence-corrected chi connectivity index (χ1v) is 12.4. The molecule has 2 aromatic carbocycles. The minimum Gasteiger partial charge on any atom is -0.310 e. The van der Waals surface area contributed by atoms with E-state index < -0.39 is 15.9 Å². The van der Waals surface area contributed by atoms with Gasteiger partial charge in [0.05, 0.1) is 0 Å². The van der Waals surface area contributed by atoms with Gasteiger partial charge in [0.15, 0.2) is 0 Å². The zero-order chi connectivity index (χ0) is 23.3. The lowest BCUT2D eigenvalue weighted by Crippen LogP contribution is -2.27. The van der Waals surface area contributed by atoms with Crippen LogP contribution >= 0.6 is 0 Å². The van der Waals surface area contributed by atoms with Crippen molar-refractivity contribution >= 4 is 22.0 Å². The first-order chi connectivity index (χ1) is 16.0. The number of benzene rings is 2. The standard InChI is InChI=1S/C25H27N3O4S/c29-24(27-30)14-13-19-15-16-28(18-19)33(31,32)25-21(17-26-22-10-4-5-11-22)9-6-12-23(25)20-7-2-1-3-8-20/h1-3,6-9,12-16,18,22,26,30H,4-5,10-11,17H2,(H,27,29)/b14-13+. The number of hydrogen-bond donors (Lipinski definition) is 3. The van der Waals surface area contributed by atoms with Crippen molar-refractivity contribution < 1.29 is 18.4 Å². The molecule has 4 rings (SSSR count). The van der Waals surface area contributed by atoms with Gasteiger partial charge in [-0.25, -0.2) is 17.9 Å². The molecule has 0 unspecified atom stereocenters. The van der Waals surface area contributed by atoms with Gasteiger partial charge in [-0.15, -0.1) is 0 Å². The average molecular weight is 466 g/mol. The van der Waals surface area contributed by atoms with Crippen LogP contribution in [0.4, 0.5) is 0 Å². The number of amides is 1. The molecule has 0 spiro atoms. The Morgan fingerprint density at radius 3 is 2.55 bits per heavy atom. The molecule has 8 heteroatoms. The summed E-state index contributed by atoms with van der Waals surface area (Å²) in [4.78, 5) is 11.5. The molecule has 3 aromatic rings. The molecule has 1 amide bonds. The van der Waals surface area contributed by atoms with Crippen LogP contribution in [0.3, 0.4) is 0 Å². The molecule has 0 saturated heterocycles. The normalized spacial score (nSPS) is 14.7. The van der Waals surface area contributed by atoms with Crippen molar-refractivity contribution in [3.63, 3.8) is 0 Å². The van der Waals surface area contributed by atoms with Gasteiger partial charge in [0, 0.05) is 36.6 Å². The molecule has 0 bridgehead atoms. The Bertz CT molecular complexity index is 1240. The fourth-order valence-electron chi connectivity index (χ4n) is 4.21. The van der Waals surface area contributed by atoms with Crippen LogP contribution in [0.5, 0.6) is 0 Å². The summed E-state index contributed by atoms with van der Waals surface area (Å²) < 4.78 is 28.9. The van der Waals surface area contributed by atoms with Gasteiger partial charge in [-0.1, -0.05) is 61.4 Å². The number of carbonyl (C=O) groups is 1. The lowest BCUT2D eigenvalue weighted by atomic mass is 10.0. The quantitative estimate of drug-likeness (QED) is 0.266. The Morgan fingerprint density at radius 2 is 1.82 bits per heavy atom. The molecule has 172 valence electrons. The summed E-state index contributed by atoms with van der Waals surface area (Å²) in [5.74, 6) is -0.694. The van der Waals surface area contributed by atoms with Gasteiger partial charge >= 0.3 is 0 Å². The number of carbonyl (C=O) groups excluding carboxylic acids is 1. The highest BCUT2D eigenvalue weighted by atomic mass is 32.2. The maximum absolute atomic E-state index is 13.8. The molecular formula is C25H27N3O4S. The summed E-state index contributed by atoms with van der Waals surface area (Å²) in [7, 11) is -3.92. The second-order valence-corrected chi connectivity index (χ2v) is 9.89. The number of hydrogen-bond acceptors (Lipinski definition) is 5. The zero-order valence-corrected chi connectivity index (χ0v) is 19.0. The molecule has 1 aromatic heterocycles. The van der Waals surface area contributed by atoms with Crippen LogP contribution in [0.1, 0.15) is 36.8 Å². The van der Waals surface area contributed by atoms with Crippen molar-refractivity contribution in [3.8, 4) is 11.1 Å². The molecule has 7 nitrogen and oxygen atoms in total. The van der Waals surface area contributed by atoms with Crippen LogP contribution in [-0.2, 0) is 21.4 Å². The Hall–Kier alpha value is -3.20. The first kappa shape index (κ1) is 23.0. The van der Waals surface area contributed by atoms with E-state index in [4.69, 9.17) is 5.21 Å². The molecule has 3 N–H and O–H groups in total. The third-order valence-electron chi connectivity index (χ3n) is 5.88. The average Bonchev–Trinajstić information content (AvgIpc) is 3.54. The lowest BCUT2D eigenvalue weighted by Gasteiger charge is -2.18. The molecule has 1 heterocycles. The summed E-state index contributed by atoms with van der Waals surface area (Å²) in [5.41, 5.74) is 4.22. The lowest BCUT2D eigenvalue weighted by molar-refractivity contribution is -0.124. The van der Waals surface area contributed by atoms with E-state index in [0.717, 1.165) is 24.5 Å². The zero-order valence-electron chi connectivity index (χ0n) is 18.1. The molecule has 33 heavy (non-hydrogen) atoms. The van der Waals surface area contributed by atoms with E-state index in [0.29, 0.717) is 29.3 Å². The van der Waals surface area contributed by atoms with E-state index in [1.54, 1.807) is 6.07 Å². The van der Waals surface area contributed by atoms with Gasteiger partial charge in [-0.3, -0.25) is 10.0 Å². The second-order valence-electron chi connectivity index (χ2n) is 8.11. The third kappa shape index (κ3) is 5.24. The van der Waals surface area contributed by atoms with Crippen molar-refractivity contribution in [3.05, 3.63) is 84.2 Å². The van der Waals surface area contributed by atoms with Crippen molar-refractivity contribution in [1.82, 2.24) is 14.8 Å². The van der Waals surface area contributed by atoms with E-state index in [9.17, 15) is 13.2 Å². The number of nitrogens with zero attached hydrogens (tertiary/aromatic N) is 1. The molecule has 0 aliphatic heterocycles. The number of aromatic nitrogens is 1. The Kier molecular flexibility index (Phi) is 7.08. The molecule has 1 aliphatic rings. The monoisotopic (exact) mass is 465 g/mol. The second kappa shape index (κ2) is 10.2. The summed E-state index contributed by atoms with van der Waals surface area (Å²) in [6, 6.07) is 17.1. The molecule has 0 radical (unpaired) electrons. The topological polar surface area (TPSA) is 100 Å². The Balaban J connectivity index is 1.75. The fourth-order valence-corrected chi connectivity index (χ4v) is 5.84. The minimum atomic E-state index is -3.92.